The highest BCUT2D eigenvalue weighted by molar-refractivity contribution is 6.04. The number of aryl methyl sites for hydroxylation is 1. The quantitative estimate of drug-likeness (QED) is 0.556. The molecule has 0 aliphatic carbocycles. The van der Waals surface area contributed by atoms with Crippen LogP contribution in [0.2, 0.25) is 0 Å². The third-order valence-corrected chi connectivity index (χ3v) is 6.05. The molecule has 0 atom stereocenters. The lowest BCUT2D eigenvalue weighted by Crippen LogP contribution is -2.48. The minimum atomic E-state index is -0.103. The van der Waals surface area contributed by atoms with Crippen molar-refractivity contribution in [2.75, 3.05) is 31.5 Å². The van der Waals surface area contributed by atoms with E-state index in [2.05, 4.69) is 28.4 Å². The largest absolute Gasteiger partial charge is 0.340 e. The van der Waals surface area contributed by atoms with Gasteiger partial charge in [0.15, 0.2) is 0 Å². The Bertz CT molecular complexity index is 1050. The molecule has 1 saturated heterocycles. The second kappa shape index (κ2) is 11.4. The monoisotopic (exact) mass is 441 g/mol. The topological polar surface area (TPSA) is 52.7 Å². The molecule has 5 heteroatoms. The van der Waals surface area contributed by atoms with Crippen LogP contribution in [0.25, 0.3) is 0 Å². The van der Waals surface area contributed by atoms with Crippen molar-refractivity contribution in [3.05, 3.63) is 102 Å². The molecule has 0 saturated carbocycles. The lowest BCUT2D eigenvalue weighted by atomic mass is 10.1. The van der Waals surface area contributed by atoms with Crippen molar-refractivity contribution in [2.24, 2.45) is 0 Å². The number of carbonyl (C=O) groups excluding carboxylic acids is 2. The molecule has 3 aromatic carbocycles. The van der Waals surface area contributed by atoms with Gasteiger partial charge in [-0.1, -0.05) is 60.7 Å². The van der Waals surface area contributed by atoms with Gasteiger partial charge in [-0.05, 0) is 48.2 Å². The van der Waals surface area contributed by atoms with Gasteiger partial charge in [-0.15, -0.1) is 0 Å². The second-order valence-electron chi connectivity index (χ2n) is 8.52. The Kier molecular flexibility index (Phi) is 7.88. The van der Waals surface area contributed by atoms with Gasteiger partial charge in [0, 0.05) is 50.4 Å². The van der Waals surface area contributed by atoms with Gasteiger partial charge in [0.2, 0.25) is 5.91 Å². The zero-order chi connectivity index (χ0) is 22.9. The van der Waals surface area contributed by atoms with Crippen molar-refractivity contribution in [1.29, 1.82) is 0 Å². The van der Waals surface area contributed by atoms with E-state index in [9.17, 15) is 9.59 Å². The van der Waals surface area contributed by atoms with Gasteiger partial charge in [-0.25, -0.2) is 0 Å². The molecular formula is C28H31N3O2. The highest BCUT2D eigenvalue weighted by Crippen LogP contribution is 2.14. The van der Waals surface area contributed by atoms with Crippen molar-refractivity contribution in [1.82, 2.24) is 9.80 Å². The van der Waals surface area contributed by atoms with E-state index >= 15 is 0 Å². The molecule has 0 spiro atoms. The van der Waals surface area contributed by atoms with Crippen molar-refractivity contribution in [3.8, 4) is 0 Å². The van der Waals surface area contributed by atoms with E-state index in [0.29, 0.717) is 12.0 Å². The summed E-state index contributed by atoms with van der Waals surface area (Å²) < 4.78 is 0. The highest BCUT2D eigenvalue weighted by Gasteiger charge is 2.21. The van der Waals surface area contributed by atoms with Crippen LogP contribution >= 0.6 is 0 Å². The van der Waals surface area contributed by atoms with Gasteiger partial charge < -0.3 is 10.2 Å². The first-order valence-electron chi connectivity index (χ1n) is 11.7. The average Bonchev–Trinajstić information content (AvgIpc) is 2.86. The molecule has 1 N–H and O–H groups in total. The first kappa shape index (κ1) is 22.7. The van der Waals surface area contributed by atoms with Crippen LogP contribution in [0.15, 0.2) is 84.9 Å². The fourth-order valence-electron chi connectivity index (χ4n) is 4.20. The van der Waals surface area contributed by atoms with Gasteiger partial charge in [0.05, 0.1) is 0 Å². The Morgan fingerprint density at radius 2 is 1.42 bits per heavy atom. The predicted molar refractivity (Wildman–Crippen MR) is 132 cm³/mol. The fourth-order valence-corrected chi connectivity index (χ4v) is 4.20. The van der Waals surface area contributed by atoms with E-state index in [1.54, 1.807) is 0 Å². The van der Waals surface area contributed by atoms with Crippen LogP contribution in [0.1, 0.15) is 34.3 Å². The van der Waals surface area contributed by atoms with Crippen LogP contribution < -0.4 is 5.32 Å². The van der Waals surface area contributed by atoms with Crippen molar-refractivity contribution < 1.29 is 9.59 Å². The first-order valence-corrected chi connectivity index (χ1v) is 11.7. The summed E-state index contributed by atoms with van der Waals surface area (Å²) in [6.07, 6.45) is 2.44. The van der Waals surface area contributed by atoms with Crippen LogP contribution in [0.3, 0.4) is 0 Å². The maximum Gasteiger partial charge on any atom is 0.255 e. The molecule has 170 valence electrons. The van der Waals surface area contributed by atoms with Gasteiger partial charge >= 0.3 is 0 Å². The molecule has 0 aromatic heterocycles. The predicted octanol–water partition coefficient (Wildman–Crippen LogP) is 4.61. The molecule has 2 amide bonds. The zero-order valence-electron chi connectivity index (χ0n) is 19.0. The minimum absolute atomic E-state index is 0.103. The average molecular weight is 442 g/mol. The number of para-hydroxylation sites is 1. The zero-order valence-corrected chi connectivity index (χ0v) is 19.0. The molecule has 1 aliphatic rings. The number of piperazine rings is 1. The number of carbonyl (C=O) groups is 2. The SMILES string of the molecule is O=C(Nc1ccccc1)c1cccc(CN2CCN(C(=O)CCCc3ccccc3)CC2)c1. The standard InChI is InChI=1S/C28H31N3O2/c32-27(16-8-11-23-9-3-1-4-10-23)31-19-17-30(18-20-31)22-24-12-7-13-25(21-24)28(33)29-26-14-5-2-6-15-26/h1-7,9-10,12-15,21H,8,11,16-20,22H2,(H,29,33). The van der Waals surface area contributed by atoms with E-state index in [1.165, 1.54) is 5.56 Å². The lowest BCUT2D eigenvalue weighted by Gasteiger charge is -2.35. The highest BCUT2D eigenvalue weighted by atomic mass is 16.2. The number of benzene rings is 3. The number of hydrogen-bond acceptors (Lipinski definition) is 3. The third kappa shape index (κ3) is 6.77. The van der Waals surface area contributed by atoms with Crippen molar-refractivity contribution in [2.45, 2.75) is 25.8 Å². The van der Waals surface area contributed by atoms with Crippen molar-refractivity contribution in [3.63, 3.8) is 0 Å². The van der Waals surface area contributed by atoms with Gasteiger partial charge in [-0.2, -0.15) is 0 Å². The third-order valence-electron chi connectivity index (χ3n) is 6.05. The Balaban J connectivity index is 1.22. The van der Waals surface area contributed by atoms with Crippen LogP contribution in [0.5, 0.6) is 0 Å². The normalized spacial score (nSPS) is 14.1. The molecule has 1 aliphatic heterocycles. The molecule has 3 aromatic rings. The summed E-state index contributed by atoms with van der Waals surface area (Å²) in [5.74, 6) is 0.152. The Morgan fingerprint density at radius 1 is 0.758 bits per heavy atom. The summed E-state index contributed by atoms with van der Waals surface area (Å²) >= 11 is 0. The van der Waals surface area contributed by atoms with Crippen LogP contribution in [0.4, 0.5) is 5.69 Å². The minimum Gasteiger partial charge on any atom is -0.340 e. The molecular weight excluding hydrogens is 410 g/mol. The van der Waals surface area contributed by atoms with E-state index in [4.69, 9.17) is 0 Å². The molecule has 0 bridgehead atoms. The number of hydrogen-bond donors (Lipinski definition) is 1. The molecule has 0 unspecified atom stereocenters. The van der Waals surface area contributed by atoms with Crippen molar-refractivity contribution >= 4 is 17.5 Å². The molecule has 4 rings (SSSR count). The fraction of sp³-hybridized carbons (Fsp3) is 0.286. The maximum absolute atomic E-state index is 12.6. The van der Waals surface area contributed by atoms with Crippen LogP contribution in [-0.4, -0.2) is 47.8 Å². The lowest BCUT2D eigenvalue weighted by molar-refractivity contribution is -0.133. The number of amides is 2. The first-order chi connectivity index (χ1) is 16.2. The van der Waals surface area contributed by atoms with E-state index in [1.807, 2.05) is 71.6 Å². The number of nitrogens with zero attached hydrogens (tertiary/aromatic N) is 2. The Labute approximate surface area is 196 Å². The summed E-state index contributed by atoms with van der Waals surface area (Å²) in [5.41, 5.74) is 3.84. The van der Waals surface area contributed by atoms with Gasteiger partial charge in [0.1, 0.15) is 0 Å². The molecule has 5 nitrogen and oxygen atoms in total. The summed E-state index contributed by atoms with van der Waals surface area (Å²) in [7, 11) is 0. The van der Waals surface area contributed by atoms with E-state index in [-0.39, 0.29) is 11.8 Å². The summed E-state index contributed by atoms with van der Waals surface area (Å²) in [4.78, 5) is 29.5. The van der Waals surface area contributed by atoms with Crippen LogP contribution in [0, 0.1) is 0 Å². The van der Waals surface area contributed by atoms with E-state index < -0.39 is 0 Å². The molecule has 0 radical (unpaired) electrons. The van der Waals surface area contributed by atoms with Crippen LogP contribution in [-0.2, 0) is 17.8 Å². The Morgan fingerprint density at radius 3 is 2.15 bits per heavy atom. The number of rotatable bonds is 8. The maximum atomic E-state index is 12.6. The van der Waals surface area contributed by atoms with Gasteiger partial charge in [0.25, 0.3) is 5.91 Å². The second-order valence-corrected chi connectivity index (χ2v) is 8.52. The van der Waals surface area contributed by atoms with E-state index in [0.717, 1.165) is 56.8 Å². The molecule has 1 heterocycles. The molecule has 1 fully saturated rings. The van der Waals surface area contributed by atoms with Gasteiger partial charge in [-0.3, -0.25) is 14.5 Å². The summed E-state index contributed by atoms with van der Waals surface area (Å²) in [6, 6.07) is 27.6. The number of nitrogens with one attached hydrogen (secondary N) is 1. The Hall–Kier alpha value is -3.44. The summed E-state index contributed by atoms with van der Waals surface area (Å²) in [5, 5.41) is 2.94. The smallest absolute Gasteiger partial charge is 0.255 e. The molecule has 33 heavy (non-hydrogen) atoms. The number of anilines is 1. The summed E-state index contributed by atoms with van der Waals surface area (Å²) in [6.45, 7) is 4.01.